The third kappa shape index (κ3) is 2.31. The van der Waals surface area contributed by atoms with E-state index < -0.39 is 18.3 Å². The SMILES string of the molecule is OCc1ccnc(I)c1C(F)(F)F. The first kappa shape index (κ1) is 10.7. The molecule has 0 aliphatic carbocycles. The Bertz CT molecular complexity index is 313. The van der Waals surface area contributed by atoms with Crippen molar-refractivity contribution in [1.82, 2.24) is 4.98 Å². The molecule has 0 atom stereocenters. The number of aliphatic hydroxyl groups excluding tert-OH is 1. The molecule has 1 heterocycles. The average Bonchev–Trinajstić information content (AvgIpc) is 2.01. The molecule has 0 saturated heterocycles. The molecule has 0 aliphatic rings. The maximum Gasteiger partial charge on any atom is 0.419 e. The van der Waals surface area contributed by atoms with Crippen molar-refractivity contribution in [2.24, 2.45) is 0 Å². The molecule has 13 heavy (non-hydrogen) atoms. The predicted molar refractivity (Wildman–Crippen MR) is 47.9 cm³/mol. The Balaban J connectivity index is 3.32. The highest BCUT2D eigenvalue weighted by atomic mass is 127. The summed E-state index contributed by atoms with van der Waals surface area (Å²) in [5, 5.41) is 8.68. The zero-order valence-electron chi connectivity index (χ0n) is 6.27. The topological polar surface area (TPSA) is 33.1 Å². The van der Waals surface area contributed by atoms with Crippen LogP contribution < -0.4 is 0 Å². The van der Waals surface area contributed by atoms with Gasteiger partial charge in [-0.3, -0.25) is 0 Å². The Hall–Kier alpha value is -0.370. The highest BCUT2D eigenvalue weighted by Gasteiger charge is 2.36. The summed E-state index contributed by atoms with van der Waals surface area (Å²) in [6.45, 7) is -0.632. The van der Waals surface area contributed by atoms with Crippen LogP contribution in [-0.2, 0) is 12.8 Å². The quantitative estimate of drug-likeness (QED) is 0.637. The van der Waals surface area contributed by atoms with E-state index in [0.717, 1.165) is 6.07 Å². The van der Waals surface area contributed by atoms with Gasteiger partial charge in [0.05, 0.1) is 12.2 Å². The largest absolute Gasteiger partial charge is 0.419 e. The second-order valence-electron chi connectivity index (χ2n) is 2.29. The fraction of sp³-hybridized carbons (Fsp3) is 0.286. The van der Waals surface area contributed by atoms with E-state index in [1.807, 2.05) is 0 Å². The van der Waals surface area contributed by atoms with Crippen molar-refractivity contribution in [3.8, 4) is 0 Å². The highest BCUT2D eigenvalue weighted by Crippen LogP contribution is 2.34. The fourth-order valence-electron chi connectivity index (χ4n) is 0.904. The summed E-state index contributed by atoms with van der Waals surface area (Å²) in [4.78, 5) is 3.51. The van der Waals surface area contributed by atoms with E-state index in [1.54, 1.807) is 0 Å². The van der Waals surface area contributed by atoms with Gasteiger partial charge in [0.1, 0.15) is 3.70 Å². The summed E-state index contributed by atoms with van der Waals surface area (Å²) in [5.41, 5.74) is -0.995. The van der Waals surface area contributed by atoms with Crippen molar-refractivity contribution in [2.75, 3.05) is 0 Å². The van der Waals surface area contributed by atoms with Gasteiger partial charge in [0, 0.05) is 6.20 Å². The lowest BCUT2D eigenvalue weighted by Gasteiger charge is -2.11. The molecular formula is C7H5F3INO. The molecule has 1 N–H and O–H groups in total. The molecule has 2 nitrogen and oxygen atoms in total. The number of hydrogen-bond acceptors (Lipinski definition) is 2. The molecule has 0 bridgehead atoms. The van der Waals surface area contributed by atoms with Gasteiger partial charge < -0.3 is 5.11 Å². The molecule has 6 heteroatoms. The zero-order valence-corrected chi connectivity index (χ0v) is 8.43. The minimum Gasteiger partial charge on any atom is -0.392 e. The van der Waals surface area contributed by atoms with Gasteiger partial charge in [-0.05, 0) is 34.2 Å². The first-order valence-corrected chi connectivity index (χ1v) is 4.36. The second-order valence-corrected chi connectivity index (χ2v) is 3.31. The van der Waals surface area contributed by atoms with Crippen molar-refractivity contribution in [2.45, 2.75) is 12.8 Å². The number of alkyl halides is 3. The first-order valence-electron chi connectivity index (χ1n) is 3.28. The summed E-state index contributed by atoms with van der Waals surface area (Å²) in [6, 6.07) is 1.16. The minimum absolute atomic E-state index is 0.142. The number of aliphatic hydroxyl groups is 1. The molecule has 72 valence electrons. The van der Waals surface area contributed by atoms with Crippen LogP contribution in [0.5, 0.6) is 0 Å². The molecule has 1 aromatic rings. The minimum atomic E-state index is -4.46. The van der Waals surface area contributed by atoms with E-state index in [-0.39, 0.29) is 9.26 Å². The summed E-state index contributed by atoms with van der Waals surface area (Å²) < 4.78 is 36.9. The van der Waals surface area contributed by atoms with Crippen LogP contribution in [0.3, 0.4) is 0 Å². The number of aromatic nitrogens is 1. The molecule has 1 aromatic heterocycles. The Morgan fingerprint density at radius 2 is 2.08 bits per heavy atom. The van der Waals surface area contributed by atoms with Crippen LogP contribution in [0.15, 0.2) is 12.3 Å². The monoisotopic (exact) mass is 303 g/mol. The lowest BCUT2D eigenvalue weighted by atomic mass is 10.1. The van der Waals surface area contributed by atoms with E-state index >= 15 is 0 Å². The molecule has 0 unspecified atom stereocenters. The van der Waals surface area contributed by atoms with Crippen molar-refractivity contribution in [1.29, 1.82) is 0 Å². The highest BCUT2D eigenvalue weighted by molar-refractivity contribution is 14.1. The van der Waals surface area contributed by atoms with Gasteiger partial charge in [-0.15, -0.1) is 0 Å². The smallest absolute Gasteiger partial charge is 0.392 e. The van der Waals surface area contributed by atoms with Gasteiger partial charge in [0.25, 0.3) is 0 Å². The first-order chi connectivity index (χ1) is 5.96. The molecule has 0 aromatic carbocycles. The standard InChI is InChI=1S/C7H5F3INO/c8-7(9,10)5-4(3-13)1-2-12-6(5)11/h1-2,13H,3H2. The van der Waals surface area contributed by atoms with E-state index in [0.29, 0.717) is 0 Å². The normalized spacial score (nSPS) is 11.8. The molecule has 0 aliphatic heterocycles. The van der Waals surface area contributed by atoms with Crippen LogP contribution in [0, 0.1) is 3.70 Å². The Morgan fingerprint density at radius 3 is 2.46 bits per heavy atom. The maximum atomic E-state index is 12.3. The van der Waals surface area contributed by atoms with Crippen LogP contribution >= 0.6 is 22.6 Å². The van der Waals surface area contributed by atoms with Crippen LogP contribution in [-0.4, -0.2) is 10.1 Å². The summed E-state index contributed by atoms with van der Waals surface area (Å²) in [7, 11) is 0. The van der Waals surface area contributed by atoms with E-state index in [2.05, 4.69) is 4.98 Å². The second kappa shape index (κ2) is 3.79. The summed E-state index contributed by atoms with van der Waals surface area (Å²) in [5.74, 6) is 0. The van der Waals surface area contributed by atoms with E-state index in [9.17, 15) is 13.2 Å². The average molecular weight is 303 g/mol. The maximum absolute atomic E-state index is 12.3. The predicted octanol–water partition coefficient (Wildman–Crippen LogP) is 2.20. The van der Waals surface area contributed by atoms with Gasteiger partial charge in [-0.2, -0.15) is 13.2 Å². The van der Waals surface area contributed by atoms with Gasteiger partial charge in [-0.25, -0.2) is 4.98 Å². The Labute approximate surface area is 85.9 Å². The van der Waals surface area contributed by atoms with Crippen molar-refractivity contribution in [3.05, 3.63) is 27.1 Å². The van der Waals surface area contributed by atoms with Crippen LogP contribution in [0.1, 0.15) is 11.1 Å². The molecule has 0 amide bonds. The van der Waals surface area contributed by atoms with Gasteiger partial charge in [-0.1, -0.05) is 0 Å². The fourth-order valence-corrected chi connectivity index (χ4v) is 1.72. The van der Waals surface area contributed by atoms with Gasteiger partial charge in [0.15, 0.2) is 0 Å². The van der Waals surface area contributed by atoms with Gasteiger partial charge >= 0.3 is 6.18 Å². The summed E-state index contributed by atoms with van der Waals surface area (Å²) in [6.07, 6.45) is -3.22. The number of pyridine rings is 1. The van der Waals surface area contributed by atoms with E-state index in [1.165, 1.54) is 28.8 Å². The van der Waals surface area contributed by atoms with Crippen LogP contribution in [0.4, 0.5) is 13.2 Å². The van der Waals surface area contributed by atoms with Crippen molar-refractivity contribution in [3.63, 3.8) is 0 Å². The number of rotatable bonds is 1. The molecule has 0 spiro atoms. The third-order valence-electron chi connectivity index (χ3n) is 1.44. The number of nitrogens with zero attached hydrogens (tertiary/aromatic N) is 1. The third-order valence-corrected chi connectivity index (χ3v) is 2.26. The van der Waals surface area contributed by atoms with Gasteiger partial charge in [0.2, 0.25) is 0 Å². The molecule has 1 rings (SSSR count). The van der Waals surface area contributed by atoms with Crippen molar-refractivity contribution >= 4 is 22.6 Å². The van der Waals surface area contributed by atoms with Crippen LogP contribution in [0.25, 0.3) is 0 Å². The Kier molecular flexibility index (Phi) is 3.12. The lowest BCUT2D eigenvalue weighted by Crippen LogP contribution is -2.12. The number of halogens is 4. The number of hydrogen-bond donors (Lipinski definition) is 1. The molecular weight excluding hydrogens is 298 g/mol. The zero-order chi connectivity index (χ0) is 10.1. The lowest BCUT2D eigenvalue weighted by molar-refractivity contribution is -0.139. The molecule has 0 fully saturated rings. The Morgan fingerprint density at radius 1 is 1.46 bits per heavy atom. The van der Waals surface area contributed by atoms with Crippen LogP contribution in [0.2, 0.25) is 0 Å². The molecule has 0 saturated carbocycles. The summed E-state index contributed by atoms with van der Waals surface area (Å²) >= 11 is 1.49. The van der Waals surface area contributed by atoms with Crippen molar-refractivity contribution < 1.29 is 18.3 Å². The van der Waals surface area contributed by atoms with E-state index in [4.69, 9.17) is 5.11 Å². The molecule has 0 radical (unpaired) electrons.